The van der Waals surface area contributed by atoms with Crippen molar-refractivity contribution in [3.05, 3.63) is 63.8 Å². The van der Waals surface area contributed by atoms with E-state index in [4.69, 9.17) is 5.11 Å². The van der Waals surface area contributed by atoms with E-state index in [-0.39, 0.29) is 11.3 Å². The molecule has 0 aliphatic carbocycles. The minimum absolute atomic E-state index is 0.0673. The van der Waals surface area contributed by atoms with Crippen LogP contribution >= 0.6 is 0 Å². The van der Waals surface area contributed by atoms with Crippen molar-refractivity contribution in [3.8, 4) is 0 Å². The number of nitro benzene ring substituents is 1. The lowest BCUT2D eigenvalue weighted by Crippen LogP contribution is -2.07. The highest BCUT2D eigenvalue weighted by atomic mass is 16.6. The highest BCUT2D eigenvalue weighted by molar-refractivity contribution is 5.87. The molecular weight excluding hydrogens is 274 g/mol. The van der Waals surface area contributed by atoms with Gasteiger partial charge in [-0.15, -0.1) is 0 Å². The topological polar surface area (TPSA) is 105 Å². The van der Waals surface area contributed by atoms with Crippen LogP contribution in [0.4, 0.5) is 11.5 Å². The first-order valence-electron chi connectivity index (χ1n) is 6.23. The second-order valence-electron chi connectivity index (χ2n) is 4.34. The van der Waals surface area contributed by atoms with Gasteiger partial charge in [-0.05, 0) is 24.1 Å². The maximum absolute atomic E-state index is 10.7. The number of aromatic carboxylic acids is 1. The number of anilines is 1. The van der Waals surface area contributed by atoms with Gasteiger partial charge in [0.05, 0.1) is 10.5 Å². The second kappa shape index (κ2) is 6.47. The molecule has 0 aliphatic rings. The number of pyridine rings is 1. The number of carboxylic acid groups (broad SMARTS) is 1. The Kier molecular flexibility index (Phi) is 4.45. The molecule has 7 nitrogen and oxygen atoms in total. The van der Waals surface area contributed by atoms with Crippen LogP contribution in [-0.2, 0) is 6.42 Å². The number of hydrogen-bond donors (Lipinski definition) is 2. The molecule has 0 amide bonds. The molecule has 1 aromatic heterocycles. The summed E-state index contributed by atoms with van der Waals surface area (Å²) < 4.78 is 0. The SMILES string of the molecule is O=C(O)c1ccc(NCCc2ccc([N+](=O)[O-])cc2)nc1. The molecule has 0 atom stereocenters. The van der Waals surface area contributed by atoms with Gasteiger partial charge in [0, 0.05) is 24.9 Å². The second-order valence-corrected chi connectivity index (χ2v) is 4.34. The minimum Gasteiger partial charge on any atom is -0.478 e. The quantitative estimate of drug-likeness (QED) is 0.624. The Morgan fingerprint density at radius 1 is 1.24 bits per heavy atom. The zero-order valence-corrected chi connectivity index (χ0v) is 11.0. The van der Waals surface area contributed by atoms with Crippen molar-refractivity contribution in [2.75, 3.05) is 11.9 Å². The van der Waals surface area contributed by atoms with E-state index in [1.165, 1.54) is 24.4 Å². The van der Waals surface area contributed by atoms with Crippen LogP contribution < -0.4 is 5.32 Å². The summed E-state index contributed by atoms with van der Waals surface area (Å²) in [5, 5.41) is 22.3. The smallest absolute Gasteiger partial charge is 0.337 e. The molecule has 0 aliphatic heterocycles. The Morgan fingerprint density at radius 2 is 1.95 bits per heavy atom. The third-order valence-electron chi connectivity index (χ3n) is 2.88. The lowest BCUT2D eigenvalue weighted by atomic mass is 10.1. The van der Waals surface area contributed by atoms with Crippen LogP contribution in [0, 0.1) is 10.1 Å². The Balaban J connectivity index is 1.86. The molecule has 108 valence electrons. The molecular formula is C14H13N3O4. The van der Waals surface area contributed by atoms with Gasteiger partial charge in [-0.1, -0.05) is 12.1 Å². The van der Waals surface area contributed by atoms with E-state index >= 15 is 0 Å². The average Bonchev–Trinajstić information content (AvgIpc) is 2.48. The van der Waals surface area contributed by atoms with Crippen molar-refractivity contribution in [3.63, 3.8) is 0 Å². The molecule has 0 saturated heterocycles. The normalized spacial score (nSPS) is 10.1. The number of carboxylic acids is 1. The van der Waals surface area contributed by atoms with E-state index in [9.17, 15) is 14.9 Å². The summed E-state index contributed by atoms with van der Waals surface area (Å²) in [4.78, 5) is 24.8. The molecule has 0 spiro atoms. The zero-order chi connectivity index (χ0) is 15.2. The van der Waals surface area contributed by atoms with Gasteiger partial charge in [-0.2, -0.15) is 0 Å². The molecule has 0 unspecified atom stereocenters. The predicted octanol–water partition coefficient (Wildman–Crippen LogP) is 2.34. The van der Waals surface area contributed by atoms with Crippen LogP contribution in [0.25, 0.3) is 0 Å². The summed E-state index contributed by atoms with van der Waals surface area (Å²) in [5.41, 5.74) is 1.17. The minimum atomic E-state index is -1.01. The van der Waals surface area contributed by atoms with Gasteiger partial charge in [0.1, 0.15) is 5.82 Å². The number of benzene rings is 1. The Labute approximate surface area is 120 Å². The highest BCUT2D eigenvalue weighted by Crippen LogP contribution is 2.12. The molecule has 0 saturated carbocycles. The number of aromatic nitrogens is 1. The molecule has 1 heterocycles. The van der Waals surface area contributed by atoms with Crippen LogP contribution in [0.1, 0.15) is 15.9 Å². The molecule has 1 aromatic carbocycles. The first kappa shape index (κ1) is 14.4. The van der Waals surface area contributed by atoms with Crippen molar-refractivity contribution in [2.24, 2.45) is 0 Å². The van der Waals surface area contributed by atoms with Gasteiger partial charge in [0.15, 0.2) is 0 Å². The molecule has 7 heteroatoms. The zero-order valence-electron chi connectivity index (χ0n) is 11.0. The van der Waals surface area contributed by atoms with E-state index in [1.54, 1.807) is 18.2 Å². The first-order chi connectivity index (χ1) is 10.1. The van der Waals surface area contributed by atoms with Gasteiger partial charge >= 0.3 is 5.97 Å². The standard InChI is InChI=1S/C14H13N3O4/c18-14(19)11-3-6-13(16-9-11)15-8-7-10-1-4-12(5-2-10)17(20)21/h1-6,9H,7-8H2,(H,15,16)(H,18,19). The molecule has 0 fully saturated rings. The van der Waals surface area contributed by atoms with Gasteiger partial charge in [-0.3, -0.25) is 10.1 Å². The van der Waals surface area contributed by atoms with Gasteiger partial charge < -0.3 is 10.4 Å². The largest absolute Gasteiger partial charge is 0.478 e. The molecule has 0 bridgehead atoms. The predicted molar refractivity (Wildman–Crippen MR) is 76.5 cm³/mol. The lowest BCUT2D eigenvalue weighted by molar-refractivity contribution is -0.384. The van der Waals surface area contributed by atoms with Crippen molar-refractivity contribution in [1.29, 1.82) is 0 Å². The number of hydrogen-bond acceptors (Lipinski definition) is 5. The van der Waals surface area contributed by atoms with E-state index < -0.39 is 10.9 Å². The maximum Gasteiger partial charge on any atom is 0.337 e. The summed E-state index contributed by atoms with van der Waals surface area (Å²) in [6.07, 6.45) is 1.97. The van der Waals surface area contributed by atoms with Crippen molar-refractivity contribution in [2.45, 2.75) is 6.42 Å². The van der Waals surface area contributed by atoms with E-state index in [2.05, 4.69) is 10.3 Å². The lowest BCUT2D eigenvalue weighted by Gasteiger charge is -2.05. The third kappa shape index (κ3) is 4.00. The molecule has 2 N–H and O–H groups in total. The fourth-order valence-electron chi connectivity index (χ4n) is 1.74. The van der Waals surface area contributed by atoms with Crippen molar-refractivity contribution >= 4 is 17.5 Å². The van der Waals surface area contributed by atoms with Gasteiger partial charge in [0.2, 0.25) is 0 Å². The third-order valence-corrected chi connectivity index (χ3v) is 2.88. The molecule has 2 rings (SSSR count). The van der Waals surface area contributed by atoms with Gasteiger partial charge in [0.25, 0.3) is 5.69 Å². The summed E-state index contributed by atoms with van der Waals surface area (Å²) in [7, 11) is 0. The Hall–Kier alpha value is -2.96. The number of rotatable bonds is 6. The molecule has 21 heavy (non-hydrogen) atoms. The summed E-state index contributed by atoms with van der Waals surface area (Å²) in [5.74, 6) is -0.429. The highest BCUT2D eigenvalue weighted by Gasteiger charge is 2.04. The molecule has 0 radical (unpaired) electrons. The van der Waals surface area contributed by atoms with Crippen molar-refractivity contribution in [1.82, 2.24) is 4.98 Å². The number of nitrogens with zero attached hydrogens (tertiary/aromatic N) is 2. The Bertz CT molecular complexity index is 581. The first-order valence-corrected chi connectivity index (χ1v) is 6.23. The van der Waals surface area contributed by atoms with E-state index in [1.807, 2.05) is 0 Å². The number of non-ortho nitro benzene ring substituents is 1. The molecule has 2 aromatic rings. The van der Waals surface area contributed by atoms with Crippen LogP contribution in [-0.4, -0.2) is 27.5 Å². The van der Waals surface area contributed by atoms with E-state index in [0.29, 0.717) is 18.8 Å². The summed E-state index contributed by atoms with van der Waals surface area (Å²) >= 11 is 0. The fraction of sp³-hybridized carbons (Fsp3) is 0.143. The van der Waals surface area contributed by atoms with Crippen LogP contribution in [0.15, 0.2) is 42.6 Å². The van der Waals surface area contributed by atoms with Crippen LogP contribution in [0.5, 0.6) is 0 Å². The summed E-state index contributed by atoms with van der Waals surface area (Å²) in [6, 6.07) is 9.43. The Morgan fingerprint density at radius 3 is 2.48 bits per heavy atom. The monoisotopic (exact) mass is 287 g/mol. The van der Waals surface area contributed by atoms with Crippen molar-refractivity contribution < 1.29 is 14.8 Å². The van der Waals surface area contributed by atoms with Crippen LogP contribution in [0.3, 0.4) is 0 Å². The number of carbonyl (C=O) groups is 1. The number of nitro groups is 1. The average molecular weight is 287 g/mol. The van der Waals surface area contributed by atoms with E-state index in [0.717, 1.165) is 5.56 Å². The van der Waals surface area contributed by atoms with Gasteiger partial charge in [-0.25, -0.2) is 9.78 Å². The number of nitrogens with one attached hydrogen (secondary N) is 1. The summed E-state index contributed by atoms with van der Waals surface area (Å²) in [6.45, 7) is 0.594. The fourth-order valence-corrected chi connectivity index (χ4v) is 1.74. The maximum atomic E-state index is 10.7. The van der Waals surface area contributed by atoms with Crippen LogP contribution in [0.2, 0.25) is 0 Å².